The third-order valence-electron chi connectivity index (χ3n) is 1.79. The lowest BCUT2D eigenvalue weighted by atomic mass is 10.3. The molecule has 2 rings (SSSR count). The van der Waals surface area contributed by atoms with Crippen molar-refractivity contribution in [3.8, 4) is 0 Å². The van der Waals surface area contributed by atoms with Crippen LogP contribution in [0.5, 0.6) is 0 Å². The van der Waals surface area contributed by atoms with Gasteiger partial charge in [-0.25, -0.2) is 4.68 Å². The summed E-state index contributed by atoms with van der Waals surface area (Å²) < 4.78 is 2.46. The molecule has 0 saturated heterocycles. The zero-order chi connectivity index (χ0) is 10.1. The topological polar surface area (TPSA) is 60.4 Å². The van der Waals surface area contributed by atoms with Crippen LogP contribution >= 0.6 is 11.3 Å². The van der Waals surface area contributed by atoms with Crippen molar-refractivity contribution in [3.63, 3.8) is 0 Å². The number of nitrogen functional groups attached to an aromatic ring is 1. The summed E-state index contributed by atoms with van der Waals surface area (Å²) in [4.78, 5) is 15.2. The monoisotopic (exact) mass is 207 g/mol. The quantitative estimate of drug-likeness (QED) is 0.651. The summed E-state index contributed by atoms with van der Waals surface area (Å²) in [5.41, 5.74) is 0.887. The number of hydrogen-bond acceptors (Lipinski definition) is 3. The summed E-state index contributed by atoms with van der Waals surface area (Å²) in [5.74, 6) is 5.53. The molecule has 0 aliphatic carbocycles. The number of aromatic nitrogens is 1. The average molecular weight is 207 g/mol. The number of thiazole rings is 1. The minimum absolute atomic E-state index is 0.240. The molecule has 0 bridgehead atoms. The van der Waals surface area contributed by atoms with Crippen molar-refractivity contribution < 1.29 is 4.79 Å². The molecule has 0 unspecified atom stereocenters. The Morgan fingerprint density at radius 1 is 1.50 bits per heavy atom. The van der Waals surface area contributed by atoms with Gasteiger partial charge in [0.05, 0.1) is 10.2 Å². The van der Waals surface area contributed by atoms with E-state index in [0.29, 0.717) is 4.80 Å². The van der Waals surface area contributed by atoms with E-state index in [9.17, 15) is 4.79 Å². The number of rotatable bonds is 0. The van der Waals surface area contributed by atoms with Gasteiger partial charge in [-0.2, -0.15) is 4.99 Å². The van der Waals surface area contributed by atoms with Crippen LogP contribution in [0.2, 0.25) is 0 Å². The standard InChI is InChI=1S/C9H9N3OS/c1-6(13)11-9-12(10)7-4-2-3-5-8(7)14-9/h2-5H,10H2,1H3. The second-order valence-electron chi connectivity index (χ2n) is 2.85. The highest BCUT2D eigenvalue weighted by molar-refractivity contribution is 7.16. The van der Waals surface area contributed by atoms with Crippen LogP contribution in [-0.4, -0.2) is 10.6 Å². The van der Waals surface area contributed by atoms with E-state index in [4.69, 9.17) is 5.84 Å². The fourth-order valence-corrected chi connectivity index (χ4v) is 2.19. The number of hydrogen-bond donors (Lipinski definition) is 1. The number of carbonyl (C=O) groups excluding carboxylic acids is 1. The molecule has 4 nitrogen and oxygen atoms in total. The summed E-state index contributed by atoms with van der Waals surface area (Å²) in [6.45, 7) is 1.41. The predicted molar refractivity (Wildman–Crippen MR) is 56.2 cm³/mol. The normalized spacial score (nSPS) is 12.2. The van der Waals surface area contributed by atoms with E-state index in [0.717, 1.165) is 10.2 Å². The van der Waals surface area contributed by atoms with Crippen molar-refractivity contribution in [2.45, 2.75) is 6.92 Å². The molecule has 0 atom stereocenters. The average Bonchev–Trinajstić information content (AvgIpc) is 2.44. The summed E-state index contributed by atoms with van der Waals surface area (Å²) in [5, 5.41) is 0. The van der Waals surface area contributed by atoms with Crippen molar-refractivity contribution in [1.82, 2.24) is 4.68 Å². The van der Waals surface area contributed by atoms with E-state index in [1.807, 2.05) is 24.3 Å². The maximum atomic E-state index is 10.8. The van der Waals surface area contributed by atoms with Crippen molar-refractivity contribution in [1.29, 1.82) is 0 Å². The molecule has 2 N–H and O–H groups in total. The van der Waals surface area contributed by atoms with Crippen LogP contribution in [0.15, 0.2) is 29.3 Å². The Balaban J connectivity index is 2.81. The Labute approximate surface area is 84.3 Å². The van der Waals surface area contributed by atoms with Crippen LogP contribution < -0.4 is 10.6 Å². The van der Waals surface area contributed by atoms with E-state index in [1.165, 1.54) is 22.9 Å². The highest BCUT2D eigenvalue weighted by Gasteiger charge is 2.01. The smallest absolute Gasteiger partial charge is 0.245 e. The number of nitrogens with two attached hydrogens (primary N) is 1. The predicted octanol–water partition coefficient (Wildman–Crippen LogP) is 0.864. The molecular formula is C9H9N3OS. The van der Waals surface area contributed by atoms with Crippen LogP contribution in [0.25, 0.3) is 10.2 Å². The molecule has 0 saturated carbocycles. The third kappa shape index (κ3) is 1.42. The van der Waals surface area contributed by atoms with E-state index in [2.05, 4.69) is 4.99 Å². The molecule has 1 aromatic carbocycles. The number of fused-ring (bicyclic) bond motifs is 1. The first kappa shape index (κ1) is 8.96. The third-order valence-corrected chi connectivity index (χ3v) is 2.82. The molecule has 0 radical (unpaired) electrons. The van der Waals surface area contributed by atoms with Crippen LogP contribution in [0.1, 0.15) is 6.92 Å². The summed E-state index contributed by atoms with van der Waals surface area (Å²) in [7, 11) is 0. The van der Waals surface area contributed by atoms with Gasteiger partial charge in [0.15, 0.2) is 0 Å². The van der Waals surface area contributed by atoms with Crippen LogP contribution in [0.3, 0.4) is 0 Å². The van der Waals surface area contributed by atoms with Gasteiger partial charge in [0.1, 0.15) is 0 Å². The molecule has 1 heterocycles. The Hall–Kier alpha value is -1.62. The second kappa shape index (κ2) is 3.26. The number of benzene rings is 1. The van der Waals surface area contributed by atoms with Gasteiger partial charge in [0.2, 0.25) is 10.7 Å². The molecule has 14 heavy (non-hydrogen) atoms. The zero-order valence-corrected chi connectivity index (χ0v) is 8.41. The van der Waals surface area contributed by atoms with Gasteiger partial charge in [0, 0.05) is 6.92 Å². The van der Waals surface area contributed by atoms with Gasteiger partial charge in [-0.1, -0.05) is 23.5 Å². The minimum atomic E-state index is -0.240. The van der Waals surface area contributed by atoms with Gasteiger partial charge in [0.25, 0.3) is 0 Å². The molecule has 0 spiro atoms. The molecule has 0 aliphatic rings. The van der Waals surface area contributed by atoms with Gasteiger partial charge in [-0.15, -0.1) is 0 Å². The fourth-order valence-electron chi connectivity index (χ4n) is 1.20. The first-order chi connectivity index (χ1) is 6.68. The molecular weight excluding hydrogens is 198 g/mol. The van der Waals surface area contributed by atoms with Gasteiger partial charge >= 0.3 is 0 Å². The molecule has 72 valence electrons. The van der Waals surface area contributed by atoms with Crippen LogP contribution in [0.4, 0.5) is 0 Å². The van der Waals surface area contributed by atoms with Gasteiger partial charge < -0.3 is 5.84 Å². The summed E-state index contributed by atoms with van der Waals surface area (Å²) in [6.07, 6.45) is 0. The lowest BCUT2D eigenvalue weighted by Gasteiger charge is -1.92. The summed E-state index contributed by atoms with van der Waals surface area (Å²) in [6, 6.07) is 7.67. The molecule has 5 heteroatoms. The van der Waals surface area contributed by atoms with Crippen molar-refractivity contribution in [2.75, 3.05) is 5.84 Å². The van der Waals surface area contributed by atoms with Crippen molar-refractivity contribution in [2.24, 2.45) is 4.99 Å². The Morgan fingerprint density at radius 2 is 2.21 bits per heavy atom. The molecule has 1 amide bonds. The summed E-state index contributed by atoms with van der Waals surface area (Å²) >= 11 is 1.40. The lowest BCUT2D eigenvalue weighted by molar-refractivity contribution is -0.116. The van der Waals surface area contributed by atoms with E-state index < -0.39 is 0 Å². The number of carbonyl (C=O) groups is 1. The fraction of sp³-hybridized carbons (Fsp3) is 0.111. The van der Waals surface area contributed by atoms with Crippen molar-refractivity contribution >= 4 is 27.5 Å². The Morgan fingerprint density at radius 3 is 2.86 bits per heavy atom. The highest BCUT2D eigenvalue weighted by Crippen LogP contribution is 2.14. The number of para-hydroxylation sites is 1. The zero-order valence-electron chi connectivity index (χ0n) is 7.60. The number of amides is 1. The van der Waals surface area contributed by atoms with Gasteiger partial charge in [-0.3, -0.25) is 4.79 Å². The van der Waals surface area contributed by atoms with E-state index >= 15 is 0 Å². The largest absolute Gasteiger partial charge is 0.337 e. The first-order valence-electron chi connectivity index (χ1n) is 4.09. The maximum absolute atomic E-state index is 10.8. The van der Waals surface area contributed by atoms with E-state index in [1.54, 1.807) is 0 Å². The molecule has 2 aromatic rings. The first-order valence-corrected chi connectivity index (χ1v) is 4.91. The highest BCUT2D eigenvalue weighted by atomic mass is 32.1. The number of nitrogens with zero attached hydrogens (tertiary/aromatic N) is 2. The minimum Gasteiger partial charge on any atom is -0.337 e. The second-order valence-corrected chi connectivity index (χ2v) is 3.86. The maximum Gasteiger partial charge on any atom is 0.245 e. The molecule has 1 aromatic heterocycles. The SMILES string of the molecule is CC(=O)N=c1sc2ccccc2n1N. The lowest BCUT2D eigenvalue weighted by Crippen LogP contribution is -2.23. The van der Waals surface area contributed by atoms with Crippen molar-refractivity contribution in [3.05, 3.63) is 29.1 Å². The van der Waals surface area contributed by atoms with Crippen LogP contribution in [-0.2, 0) is 4.79 Å². The molecule has 0 fully saturated rings. The van der Waals surface area contributed by atoms with Gasteiger partial charge in [-0.05, 0) is 12.1 Å². The van der Waals surface area contributed by atoms with Crippen LogP contribution in [0, 0.1) is 0 Å². The Bertz CT molecular complexity index is 552. The van der Waals surface area contributed by atoms with E-state index in [-0.39, 0.29) is 5.91 Å². The molecule has 0 aliphatic heterocycles. The Kier molecular flexibility index (Phi) is 2.09.